The van der Waals surface area contributed by atoms with E-state index in [-0.39, 0.29) is 23.9 Å². The molecule has 0 atom stereocenters. The van der Waals surface area contributed by atoms with Crippen molar-refractivity contribution in [2.45, 2.75) is 52.4 Å². The van der Waals surface area contributed by atoms with Crippen molar-refractivity contribution in [2.24, 2.45) is 11.3 Å². The molecular formula is C13H23NO4. The van der Waals surface area contributed by atoms with Crippen LogP contribution in [0.2, 0.25) is 0 Å². The van der Waals surface area contributed by atoms with E-state index in [9.17, 15) is 14.9 Å². The number of nitrogens with zero attached hydrogens (tertiary/aromatic N) is 1. The van der Waals surface area contributed by atoms with Gasteiger partial charge in [-0.3, -0.25) is 14.9 Å². The Morgan fingerprint density at radius 3 is 2.44 bits per heavy atom. The number of esters is 1. The molecule has 0 N–H and O–H groups in total. The van der Waals surface area contributed by atoms with Crippen molar-refractivity contribution in [3.05, 3.63) is 10.1 Å². The Hall–Kier alpha value is -1.13. The van der Waals surface area contributed by atoms with Crippen molar-refractivity contribution in [3.8, 4) is 0 Å². The Balaban J connectivity index is 2.65. The Labute approximate surface area is 108 Å². The molecule has 18 heavy (non-hydrogen) atoms. The van der Waals surface area contributed by atoms with Gasteiger partial charge in [-0.05, 0) is 38.5 Å². The van der Waals surface area contributed by atoms with Crippen molar-refractivity contribution in [1.29, 1.82) is 0 Å². The van der Waals surface area contributed by atoms with Crippen LogP contribution in [0.3, 0.4) is 0 Å². The van der Waals surface area contributed by atoms with Crippen LogP contribution in [0.5, 0.6) is 0 Å². The third-order valence-electron chi connectivity index (χ3n) is 4.03. The van der Waals surface area contributed by atoms with E-state index in [1.54, 1.807) is 6.92 Å². The van der Waals surface area contributed by atoms with Crippen molar-refractivity contribution < 1.29 is 14.5 Å². The molecule has 5 heteroatoms. The molecule has 0 bridgehead atoms. The predicted octanol–water partition coefficient (Wildman–Crippen LogP) is 2.80. The smallest absolute Gasteiger partial charge is 0.306 e. The lowest BCUT2D eigenvalue weighted by Gasteiger charge is -2.36. The van der Waals surface area contributed by atoms with Crippen LogP contribution in [0.1, 0.15) is 52.4 Å². The fourth-order valence-electron chi connectivity index (χ4n) is 2.88. The van der Waals surface area contributed by atoms with E-state index in [4.69, 9.17) is 4.74 Å². The molecule has 1 aliphatic rings. The van der Waals surface area contributed by atoms with Gasteiger partial charge in [0.25, 0.3) is 0 Å². The van der Waals surface area contributed by atoms with Gasteiger partial charge in [0.2, 0.25) is 6.54 Å². The monoisotopic (exact) mass is 257 g/mol. The third kappa shape index (κ3) is 4.27. The molecule has 0 aromatic carbocycles. The van der Waals surface area contributed by atoms with Crippen LogP contribution >= 0.6 is 0 Å². The number of hydrogen-bond donors (Lipinski definition) is 0. The van der Waals surface area contributed by atoms with E-state index in [0.717, 1.165) is 32.1 Å². The summed E-state index contributed by atoms with van der Waals surface area (Å²) in [5, 5.41) is 10.8. The SMILES string of the molecule is CCOC(=O)CC1(C[N+](=O)[O-])CCC(CC)CC1. The van der Waals surface area contributed by atoms with Crippen LogP contribution in [0.25, 0.3) is 0 Å². The summed E-state index contributed by atoms with van der Waals surface area (Å²) in [4.78, 5) is 22.1. The van der Waals surface area contributed by atoms with Gasteiger partial charge < -0.3 is 4.74 Å². The van der Waals surface area contributed by atoms with Gasteiger partial charge in [0.05, 0.1) is 13.0 Å². The van der Waals surface area contributed by atoms with Gasteiger partial charge in [0.1, 0.15) is 0 Å². The van der Waals surface area contributed by atoms with Crippen LogP contribution in [0.4, 0.5) is 0 Å². The molecule has 0 unspecified atom stereocenters. The average molecular weight is 257 g/mol. The van der Waals surface area contributed by atoms with Crippen LogP contribution in [0.15, 0.2) is 0 Å². The van der Waals surface area contributed by atoms with Crippen molar-refractivity contribution >= 4 is 5.97 Å². The molecule has 0 radical (unpaired) electrons. The highest BCUT2D eigenvalue weighted by Gasteiger charge is 2.41. The zero-order chi connectivity index (χ0) is 13.6. The second kappa shape index (κ2) is 6.71. The summed E-state index contributed by atoms with van der Waals surface area (Å²) in [5.74, 6) is 0.362. The fourth-order valence-corrected chi connectivity index (χ4v) is 2.88. The predicted molar refractivity (Wildman–Crippen MR) is 67.8 cm³/mol. The van der Waals surface area contributed by atoms with Crippen LogP contribution in [-0.2, 0) is 9.53 Å². The van der Waals surface area contributed by atoms with Gasteiger partial charge in [0, 0.05) is 10.3 Å². The normalized spacial score (nSPS) is 27.8. The number of carbonyl (C=O) groups is 1. The van der Waals surface area contributed by atoms with E-state index in [1.807, 2.05) is 0 Å². The summed E-state index contributed by atoms with van der Waals surface area (Å²) in [6.07, 6.45) is 4.83. The molecular weight excluding hydrogens is 234 g/mol. The molecule has 0 heterocycles. The molecule has 0 aromatic rings. The second-order valence-corrected chi connectivity index (χ2v) is 5.32. The quantitative estimate of drug-likeness (QED) is 0.417. The third-order valence-corrected chi connectivity index (χ3v) is 4.03. The Morgan fingerprint density at radius 2 is 2.00 bits per heavy atom. The second-order valence-electron chi connectivity index (χ2n) is 5.32. The van der Waals surface area contributed by atoms with Gasteiger partial charge in [0.15, 0.2) is 0 Å². The highest BCUT2D eigenvalue weighted by Crippen LogP contribution is 2.42. The highest BCUT2D eigenvalue weighted by atomic mass is 16.6. The molecule has 0 aliphatic heterocycles. The minimum atomic E-state index is -0.471. The number of nitro groups is 1. The van der Waals surface area contributed by atoms with Crippen LogP contribution in [0, 0.1) is 21.4 Å². The van der Waals surface area contributed by atoms with Crippen LogP contribution in [-0.4, -0.2) is 24.0 Å². The van der Waals surface area contributed by atoms with Gasteiger partial charge in [-0.2, -0.15) is 0 Å². The average Bonchev–Trinajstić information content (AvgIpc) is 2.29. The lowest BCUT2D eigenvalue weighted by Crippen LogP contribution is -2.36. The van der Waals surface area contributed by atoms with Gasteiger partial charge in [-0.1, -0.05) is 13.3 Å². The topological polar surface area (TPSA) is 69.4 Å². The number of hydrogen-bond acceptors (Lipinski definition) is 4. The molecule has 5 nitrogen and oxygen atoms in total. The Bertz CT molecular complexity index is 295. The summed E-state index contributed by atoms with van der Waals surface area (Å²) in [6, 6.07) is 0. The summed E-state index contributed by atoms with van der Waals surface area (Å²) in [7, 11) is 0. The number of rotatable bonds is 6. The summed E-state index contributed by atoms with van der Waals surface area (Å²) < 4.78 is 4.94. The molecule has 1 saturated carbocycles. The maximum Gasteiger partial charge on any atom is 0.306 e. The van der Waals surface area contributed by atoms with E-state index in [1.165, 1.54) is 0 Å². The van der Waals surface area contributed by atoms with E-state index >= 15 is 0 Å². The molecule has 0 aromatic heterocycles. The summed E-state index contributed by atoms with van der Waals surface area (Å²) in [5.41, 5.74) is -0.471. The first-order valence-corrected chi connectivity index (χ1v) is 6.79. The zero-order valence-electron chi connectivity index (χ0n) is 11.3. The first kappa shape index (κ1) is 14.9. The van der Waals surface area contributed by atoms with E-state index in [2.05, 4.69) is 6.92 Å². The van der Waals surface area contributed by atoms with Gasteiger partial charge in [-0.15, -0.1) is 0 Å². The van der Waals surface area contributed by atoms with Crippen molar-refractivity contribution in [2.75, 3.05) is 13.2 Å². The lowest BCUT2D eigenvalue weighted by atomic mass is 9.68. The highest BCUT2D eigenvalue weighted by molar-refractivity contribution is 5.70. The minimum absolute atomic E-state index is 0.109. The molecule has 1 aliphatic carbocycles. The zero-order valence-corrected chi connectivity index (χ0v) is 11.3. The maximum absolute atomic E-state index is 11.6. The van der Waals surface area contributed by atoms with E-state index in [0.29, 0.717) is 12.5 Å². The Morgan fingerprint density at radius 1 is 1.39 bits per heavy atom. The van der Waals surface area contributed by atoms with E-state index < -0.39 is 5.41 Å². The fraction of sp³-hybridized carbons (Fsp3) is 0.923. The molecule has 0 spiro atoms. The summed E-state index contributed by atoms with van der Waals surface area (Å²) in [6.45, 7) is 4.13. The molecule has 0 saturated heterocycles. The first-order chi connectivity index (χ1) is 8.51. The molecule has 104 valence electrons. The summed E-state index contributed by atoms with van der Waals surface area (Å²) >= 11 is 0. The standard InChI is InChI=1S/C13H23NO4/c1-3-11-5-7-13(8-6-11,10-14(16)17)9-12(15)18-4-2/h11H,3-10H2,1-2H3. The van der Waals surface area contributed by atoms with Gasteiger partial charge in [-0.25, -0.2) is 0 Å². The molecule has 0 amide bonds. The molecule has 1 fully saturated rings. The number of carbonyl (C=O) groups excluding carboxylic acids is 1. The lowest BCUT2D eigenvalue weighted by molar-refractivity contribution is -0.499. The Kier molecular flexibility index (Phi) is 5.56. The van der Waals surface area contributed by atoms with Crippen LogP contribution < -0.4 is 0 Å². The minimum Gasteiger partial charge on any atom is -0.466 e. The largest absolute Gasteiger partial charge is 0.466 e. The van der Waals surface area contributed by atoms with Crippen molar-refractivity contribution in [1.82, 2.24) is 0 Å². The molecule has 1 rings (SSSR count). The number of ether oxygens (including phenoxy) is 1. The van der Waals surface area contributed by atoms with Gasteiger partial charge >= 0.3 is 5.97 Å². The maximum atomic E-state index is 11.6. The van der Waals surface area contributed by atoms with Crippen molar-refractivity contribution in [3.63, 3.8) is 0 Å². The first-order valence-electron chi connectivity index (χ1n) is 6.79.